The van der Waals surface area contributed by atoms with E-state index in [2.05, 4.69) is 10.6 Å². The fraction of sp³-hybridized carbons (Fsp3) is 0.278. The van der Waals surface area contributed by atoms with Crippen LogP contribution in [-0.4, -0.2) is 12.5 Å². The van der Waals surface area contributed by atoms with E-state index < -0.39 is 17.5 Å². The summed E-state index contributed by atoms with van der Waals surface area (Å²) in [5, 5.41) is 5.41. The number of rotatable bonds is 5. The largest absolute Gasteiger partial charge is 0.382 e. The van der Waals surface area contributed by atoms with Gasteiger partial charge in [-0.25, -0.2) is 13.2 Å². The smallest absolute Gasteiger partial charge is 0.226 e. The van der Waals surface area contributed by atoms with Gasteiger partial charge in [-0.15, -0.1) is 0 Å². The highest BCUT2D eigenvalue weighted by molar-refractivity contribution is 5.92. The molecule has 0 unspecified atom stereocenters. The van der Waals surface area contributed by atoms with E-state index in [0.29, 0.717) is 0 Å². The van der Waals surface area contributed by atoms with Crippen LogP contribution >= 0.6 is 0 Å². The summed E-state index contributed by atoms with van der Waals surface area (Å²) in [6, 6.07) is 5.87. The molecule has 0 aliphatic carbocycles. The van der Waals surface area contributed by atoms with Crippen LogP contribution < -0.4 is 10.6 Å². The third kappa shape index (κ3) is 4.07. The molecule has 0 aliphatic heterocycles. The van der Waals surface area contributed by atoms with E-state index in [4.69, 9.17) is 0 Å². The lowest BCUT2D eigenvalue weighted by molar-refractivity contribution is -0.116. The van der Waals surface area contributed by atoms with E-state index in [9.17, 15) is 18.0 Å². The van der Waals surface area contributed by atoms with Gasteiger partial charge in [0, 0.05) is 18.7 Å². The number of amides is 1. The van der Waals surface area contributed by atoms with Gasteiger partial charge < -0.3 is 10.6 Å². The fourth-order valence-corrected chi connectivity index (χ4v) is 2.55. The summed E-state index contributed by atoms with van der Waals surface area (Å²) in [5.41, 5.74) is 3.61. The molecule has 0 heterocycles. The van der Waals surface area contributed by atoms with E-state index in [-0.39, 0.29) is 24.6 Å². The molecular weight excluding hydrogens is 317 g/mol. The molecule has 2 N–H and O–H groups in total. The number of carbonyl (C=O) groups is 1. The van der Waals surface area contributed by atoms with Crippen molar-refractivity contribution in [2.24, 2.45) is 0 Å². The van der Waals surface area contributed by atoms with Crippen LogP contribution in [0.4, 0.5) is 24.5 Å². The number of aryl methyl sites for hydroxylation is 3. The van der Waals surface area contributed by atoms with Crippen molar-refractivity contribution in [2.45, 2.75) is 27.2 Å². The zero-order valence-corrected chi connectivity index (χ0v) is 13.8. The van der Waals surface area contributed by atoms with E-state index >= 15 is 0 Å². The molecule has 0 saturated carbocycles. The maximum absolute atomic E-state index is 13.5. The number of anilines is 2. The van der Waals surface area contributed by atoms with E-state index in [1.54, 1.807) is 0 Å². The zero-order chi connectivity index (χ0) is 17.9. The molecule has 2 aromatic carbocycles. The minimum Gasteiger partial charge on any atom is -0.382 e. The Kier molecular flexibility index (Phi) is 5.49. The maximum atomic E-state index is 13.5. The number of hydrogen-bond acceptors (Lipinski definition) is 2. The Labute approximate surface area is 138 Å². The molecule has 3 nitrogen and oxygen atoms in total. The average Bonchev–Trinajstić information content (AvgIpc) is 2.51. The van der Waals surface area contributed by atoms with E-state index in [0.717, 1.165) is 34.5 Å². The van der Waals surface area contributed by atoms with Gasteiger partial charge in [0.15, 0.2) is 17.5 Å². The molecule has 2 rings (SSSR count). The zero-order valence-electron chi connectivity index (χ0n) is 13.8. The highest BCUT2D eigenvalue weighted by Crippen LogP contribution is 2.22. The molecule has 0 aromatic heterocycles. The van der Waals surface area contributed by atoms with Gasteiger partial charge in [0.1, 0.15) is 0 Å². The van der Waals surface area contributed by atoms with Gasteiger partial charge in [0.05, 0.1) is 5.69 Å². The first-order valence-electron chi connectivity index (χ1n) is 7.54. The van der Waals surface area contributed by atoms with E-state index in [1.165, 1.54) is 0 Å². The van der Waals surface area contributed by atoms with Crippen molar-refractivity contribution in [3.63, 3.8) is 0 Å². The first-order chi connectivity index (χ1) is 11.3. The van der Waals surface area contributed by atoms with Crippen molar-refractivity contribution in [3.05, 3.63) is 58.4 Å². The third-order valence-electron chi connectivity index (χ3n) is 3.64. The second-order valence-corrected chi connectivity index (χ2v) is 5.72. The molecule has 24 heavy (non-hydrogen) atoms. The van der Waals surface area contributed by atoms with Gasteiger partial charge >= 0.3 is 0 Å². The Morgan fingerprint density at radius 2 is 1.62 bits per heavy atom. The van der Waals surface area contributed by atoms with Crippen LogP contribution in [0.15, 0.2) is 24.3 Å². The van der Waals surface area contributed by atoms with Crippen molar-refractivity contribution in [3.8, 4) is 0 Å². The Hall–Kier alpha value is -2.50. The lowest BCUT2D eigenvalue weighted by Crippen LogP contribution is -2.18. The molecule has 1 amide bonds. The molecule has 128 valence electrons. The summed E-state index contributed by atoms with van der Waals surface area (Å²) < 4.78 is 39.5. The predicted octanol–water partition coefficient (Wildman–Crippen LogP) is 4.47. The van der Waals surface area contributed by atoms with Gasteiger partial charge in [-0.2, -0.15) is 0 Å². The molecule has 0 aliphatic rings. The first-order valence-corrected chi connectivity index (χ1v) is 7.54. The minimum absolute atomic E-state index is 0.0607. The van der Waals surface area contributed by atoms with Crippen molar-refractivity contribution in [1.82, 2.24) is 0 Å². The number of benzene rings is 2. The minimum atomic E-state index is -1.53. The fourth-order valence-electron chi connectivity index (χ4n) is 2.55. The second kappa shape index (κ2) is 7.38. The average molecular weight is 336 g/mol. The quantitative estimate of drug-likeness (QED) is 0.791. The summed E-state index contributed by atoms with van der Waals surface area (Å²) >= 11 is 0. The molecule has 0 saturated heterocycles. The molecule has 6 heteroatoms. The summed E-state index contributed by atoms with van der Waals surface area (Å²) in [6.07, 6.45) is 0.0607. The molecular formula is C18H19F3N2O. The van der Waals surface area contributed by atoms with Gasteiger partial charge in [0.2, 0.25) is 5.91 Å². The van der Waals surface area contributed by atoms with Crippen LogP contribution in [0.3, 0.4) is 0 Å². The highest BCUT2D eigenvalue weighted by atomic mass is 19.2. The summed E-state index contributed by atoms with van der Waals surface area (Å²) in [7, 11) is 0. The van der Waals surface area contributed by atoms with Crippen molar-refractivity contribution in [2.75, 3.05) is 17.2 Å². The van der Waals surface area contributed by atoms with Crippen LogP contribution in [0.2, 0.25) is 0 Å². The lowest BCUT2D eigenvalue weighted by atomic mass is 10.1. The van der Waals surface area contributed by atoms with E-state index in [1.807, 2.05) is 32.9 Å². The monoisotopic (exact) mass is 336 g/mol. The Morgan fingerprint density at radius 3 is 2.25 bits per heavy atom. The highest BCUT2D eigenvalue weighted by Gasteiger charge is 2.13. The van der Waals surface area contributed by atoms with Crippen molar-refractivity contribution >= 4 is 17.3 Å². The Balaban J connectivity index is 1.94. The molecule has 0 fully saturated rings. The van der Waals surface area contributed by atoms with Crippen LogP contribution in [0, 0.1) is 38.2 Å². The SMILES string of the molecule is Cc1cc(C)c(NC(=O)CCNc2ccc(F)c(F)c2F)c(C)c1. The summed E-state index contributed by atoms with van der Waals surface area (Å²) in [6.45, 7) is 5.89. The van der Waals surface area contributed by atoms with Gasteiger partial charge in [0.25, 0.3) is 0 Å². The number of hydrogen-bond donors (Lipinski definition) is 2. The van der Waals surface area contributed by atoms with Gasteiger partial charge in [-0.1, -0.05) is 17.7 Å². The van der Waals surface area contributed by atoms with Crippen LogP contribution in [0.5, 0.6) is 0 Å². The summed E-state index contributed by atoms with van der Waals surface area (Å²) in [5.74, 6) is -4.32. The number of nitrogens with one attached hydrogen (secondary N) is 2. The maximum Gasteiger partial charge on any atom is 0.226 e. The third-order valence-corrected chi connectivity index (χ3v) is 3.64. The number of halogens is 3. The van der Waals surface area contributed by atoms with Gasteiger partial charge in [-0.05, 0) is 44.0 Å². The van der Waals surface area contributed by atoms with Crippen LogP contribution in [0.25, 0.3) is 0 Å². The molecule has 0 spiro atoms. The Bertz CT molecular complexity index is 752. The summed E-state index contributed by atoms with van der Waals surface area (Å²) in [4.78, 5) is 12.0. The second-order valence-electron chi connectivity index (χ2n) is 5.72. The molecule has 0 bridgehead atoms. The van der Waals surface area contributed by atoms with Crippen LogP contribution in [0.1, 0.15) is 23.1 Å². The van der Waals surface area contributed by atoms with Crippen molar-refractivity contribution in [1.29, 1.82) is 0 Å². The number of carbonyl (C=O) groups excluding carboxylic acids is 1. The van der Waals surface area contributed by atoms with Crippen molar-refractivity contribution < 1.29 is 18.0 Å². The normalized spacial score (nSPS) is 10.6. The Morgan fingerprint density at radius 1 is 1.00 bits per heavy atom. The molecule has 0 atom stereocenters. The van der Waals surface area contributed by atoms with Crippen LogP contribution in [-0.2, 0) is 4.79 Å². The predicted molar refractivity (Wildman–Crippen MR) is 88.7 cm³/mol. The lowest BCUT2D eigenvalue weighted by Gasteiger charge is -2.13. The molecule has 0 radical (unpaired) electrons. The topological polar surface area (TPSA) is 41.1 Å². The van der Waals surface area contributed by atoms with Gasteiger partial charge in [-0.3, -0.25) is 4.79 Å². The molecule has 2 aromatic rings. The first kappa shape index (κ1) is 17.8. The standard InChI is InChI=1S/C18H19F3N2O/c1-10-8-11(2)18(12(3)9-10)23-15(24)6-7-22-14-5-4-13(19)16(20)17(14)21/h4-5,8-9,22H,6-7H2,1-3H3,(H,23,24).